The Balaban J connectivity index is 2.37. The molecule has 1 atom stereocenters. The highest BCUT2D eigenvalue weighted by Crippen LogP contribution is 2.23. The van der Waals surface area contributed by atoms with Gasteiger partial charge in [-0.25, -0.2) is 0 Å². The largest absolute Gasteiger partial charge is 0.497 e. The van der Waals surface area contributed by atoms with Crippen LogP contribution in [-0.4, -0.2) is 12.9 Å². The minimum Gasteiger partial charge on any atom is -0.497 e. The second kappa shape index (κ2) is 6.03. The lowest BCUT2D eigenvalue weighted by Gasteiger charge is -2.10. The van der Waals surface area contributed by atoms with Crippen molar-refractivity contribution in [3.63, 3.8) is 0 Å². The van der Waals surface area contributed by atoms with Crippen molar-refractivity contribution < 1.29 is 9.53 Å². The molecule has 0 fully saturated rings. The van der Waals surface area contributed by atoms with E-state index in [1.165, 1.54) is 0 Å². The number of methoxy groups -OCH3 is 1. The van der Waals surface area contributed by atoms with Gasteiger partial charge in [-0.15, -0.1) is 0 Å². The second-order valence-electron chi connectivity index (χ2n) is 4.57. The minimum atomic E-state index is -0.790. The Bertz CT molecular complexity index is 671. The van der Waals surface area contributed by atoms with Crippen molar-refractivity contribution in [3.05, 3.63) is 65.2 Å². The number of Topliss-reactive ketones (excluding diaryl/α,β-unsaturated/α-hetero) is 1. The van der Waals surface area contributed by atoms with E-state index < -0.39 is 5.92 Å². The number of carbonyl (C=O) groups is 1. The Morgan fingerprint density at radius 3 is 2.60 bits per heavy atom. The molecule has 2 rings (SSSR count). The van der Waals surface area contributed by atoms with E-state index in [1.54, 1.807) is 37.4 Å². The lowest BCUT2D eigenvalue weighted by molar-refractivity contribution is 0.0978. The van der Waals surface area contributed by atoms with Gasteiger partial charge in [0.25, 0.3) is 0 Å². The van der Waals surface area contributed by atoms with Gasteiger partial charge in [-0.3, -0.25) is 4.79 Å². The summed E-state index contributed by atoms with van der Waals surface area (Å²) in [6.07, 6.45) is 0. The lowest BCUT2D eigenvalue weighted by Crippen LogP contribution is -2.11. The van der Waals surface area contributed by atoms with Crippen LogP contribution in [0.15, 0.2) is 48.5 Å². The van der Waals surface area contributed by atoms with Crippen LogP contribution in [0.3, 0.4) is 0 Å². The summed E-state index contributed by atoms with van der Waals surface area (Å²) in [6, 6.07) is 16.4. The normalized spacial score (nSPS) is 11.4. The molecule has 0 spiro atoms. The van der Waals surface area contributed by atoms with Gasteiger partial charge in [0.2, 0.25) is 0 Å². The van der Waals surface area contributed by atoms with Crippen molar-refractivity contribution in [2.24, 2.45) is 0 Å². The van der Waals surface area contributed by atoms with E-state index in [-0.39, 0.29) is 5.78 Å². The zero-order valence-electron chi connectivity index (χ0n) is 11.5. The Morgan fingerprint density at radius 2 is 1.95 bits per heavy atom. The standard InChI is InChI=1S/C17H15NO2/c1-12-5-3-6-13(9-12)16(11-18)17(19)14-7-4-8-15(10-14)20-2/h3-10,16H,1-2H3. The van der Waals surface area contributed by atoms with Crippen LogP contribution in [0.2, 0.25) is 0 Å². The van der Waals surface area contributed by atoms with Crippen molar-refractivity contribution in [1.82, 2.24) is 0 Å². The zero-order chi connectivity index (χ0) is 14.5. The summed E-state index contributed by atoms with van der Waals surface area (Å²) in [7, 11) is 1.55. The summed E-state index contributed by atoms with van der Waals surface area (Å²) < 4.78 is 5.11. The highest BCUT2D eigenvalue weighted by molar-refractivity contribution is 6.03. The number of hydrogen-bond acceptors (Lipinski definition) is 3. The summed E-state index contributed by atoms with van der Waals surface area (Å²) >= 11 is 0. The third-order valence-electron chi connectivity index (χ3n) is 3.12. The number of benzene rings is 2. The smallest absolute Gasteiger partial charge is 0.184 e. The van der Waals surface area contributed by atoms with Crippen LogP contribution in [0.1, 0.15) is 27.4 Å². The highest BCUT2D eigenvalue weighted by Gasteiger charge is 2.22. The monoisotopic (exact) mass is 265 g/mol. The average molecular weight is 265 g/mol. The van der Waals surface area contributed by atoms with Gasteiger partial charge < -0.3 is 4.74 Å². The first-order chi connectivity index (χ1) is 9.65. The zero-order valence-corrected chi connectivity index (χ0v) is 11.5. The van der Waals surface area contributed by atoms with Crippen molar-refractivity contribution in [2.75, 3.05) is 7.11 Å². The lowest BCUT2D eigenvalue weighted by atomic mass is 9.91. The molecule has 20 heavy (non-hydrogen) atoms. The summed E-state index contributed by atoms with van der Waals surface area (Å²) in [5.41, 5.74) is 2.24. The first-order valence-corrected chi connectivity index (χ1v) is 6.30. The average Bonchev–Trinajstić information content (AvgIpc) is 2.48. The number of aryl methyl sites for hydroxylation is 1. The van der Waals surface area contributed by atoms with Crippen molar-refractivity contribution in [3.8, 4) is 11.8 Å². The molecular weight excluding hydrogens is 250 g/mol. The van der Waals surface area contributed by atoms with Crippen LogP contribution >= 0.6 is 0 Å². The predicted molar refractivity (Wildman–Crippen MR) is 76.9 cm³/mol. The first-order valence-electron chi connectivity index (χ1n) is 6.30. The molecule has 0 amide bonds. The SMILES string of the molecule is COc1cccc(C(=O)C(C#N)c2cccc(C)c2)c1. The Kier molecular flexibility index (Phi) is 4.17. The molecule has 0 aromatic heterocycles. The number of ketones is 1. The molecule has 1 unspecified atom stereocenters. The number of carbonyl (C=O) groups excluding carboxylic acids is 1. The molecule has 100 valence electrons. The molecular formula is C17H15NO2. The fourth-order valence-electron chi connectivity index (χ4n) is 2.08. The maximum atomic E-state index is 12.5. The Hall–Kier alpha value is -2.60. The topological polar surface area (TPSA) is 50.1 Å². The molecule has 0 aliphatic rings. The van der Waals surface area contributed by atoms with Gasteiger partial charge in [-0.05, 0) is 24.6 Å². The van der Waals surface area contributed by atoms with Crippen molar-refractivity contribution >= 4 is 5.78 Å². The van der Waals surface area contributed by atoms with Gasteiger partial charge in [0.05, 0.1) is 13.2 Å². The number of ether oxygens (including phenoxy) is 1. The van der Waals surface area contributed by atoms with Gasteiger partial charge in [-0.2, -0.15) is 5.26 Å². The molecule has 0 aliphatic carbocycles. The van der Waals surface area contributed by atoms with Gasteiger partial charge in [-0.1, -0.05) is 42.0 Å². The van der Waals surface area contributed by atoms with E-state index in [0.29, 0.717) is 11.3 Å². The fourth-order valence-corrected chi connectivity index (χ4v) is 2.08. The van der Waals surface area contributed by atoms with Crippen LogP contribution in [0, 0.1) is 18.3 Å². The van der Waals surface area contributed by atoms with Gasteiger partial charge in [0, 0.05) is 5.56 Å². The second-order valence-corrected chi connectivity index (χ2v) is 4.57. The number of nitrogens with zero attached hydrogens (tertiary/aromatic N) is 1. The molecule has 0 radical (unpaired) electrons. The maximum absolute atomic E-state index is 12.5. The van der Waals surface area contributed by atoms with E-state index >= 15 is 0 Å². The molecule has 0 heterocycles. The Morgan fingerprint density at radius 1 is 1.20 bits per heavy atom. The first kappa shape index (κ1) is 13.8. The fraction of sp³-hybridized carbons (Fsp3) is 0.176. The Labute approximate surface area is 118 Å². The van der Waals surface area contributed by atoms with Crippen LogP contribution in [0.25, 0.3) is 0 Å². The van der Waals surface area contributed by atoms with Crippen LogP contribution in [-0.2, 0) is 0 Å². The molecule has 3 nitrogen and oxygen atoms in total. The van der Waals surface area contributed by atoms with Crippen LogP contribution in [0.5, 0.6) is 5.75 Å². The molecule has 3 heteroatoms. The maximum Gasteiger partial charge on any atom is 0.184 e. The third kappa shape index (κ3) is 2.86. The third-order valence-corrected chi connectivity index (χ3v) is 3.12. The predicted octanol–water partition coefficient (Wildman–Crippen LogP) is 3.49. The number of nitriles is 1. The van der Waals surface area contributed by atoms with Crippen molar-refractivity contribution in [2.45, 2.75) is 12.8 Å². The summed E-state index contributed by atoms with van der Waals surface area (Å²) in [4.78, 5) is 12.5. The summed E-state index contributed by atoms with van der Waals surface area (Å²) in [5.74, 6) is -0.393. The molecule has 2 aromatic rings. The van der Waals surface area contributed by atoms with Crippen LogP contribution in [0.4, 0.5) is 0 Å². The molecule has 0 saturated heterocycles. The molecule has 0 bridgehead atoms. The van der Waals surface area contributed by atoms with E-state index in [0.717, 1.165) is 11.1 Å². The van der Waals surface area contributed by atoms with E-state index in [2.05, 4.69) is 6.07 Å². The molecule has 2 aromatic carbocycles. The quantitative estimate of drug-likeness (QED) is 0.795. The molecule has 0 saturated carbocycles. The van der Waals surface area contributed by atoms with Crippen molar-refractivity contribution in [1.29, 1.82) is 5.26 Å². The molecule has 0 aliphatic heterocycles. The summed E-state index contributed by atoms with van der Waals surface area (Å²) in [5, 5.41) is 9.33. The van der Waals surface area contributed by atoms with Gasteiger partial charge >= 0.3 is 0 Å². The summed E-state index contributed by atoms with van der Waals surface area (Å²) in [6.45, 7) is 1.94. The van der Waals surface area contributed by atoms with Gasteiger partial charge in [0.1, 0.15) is 11.7 Å². The van der Waals surface area contributed by atoms with E-state index in [9.17, 15) is 10.1 Å². The van der Waals surface area contributed by atoms with E-state index in [4.69, 9.17) is 4.74 Å². The number of hydrogen-bond donors (Lipinski definition) is 0. The van der Waals surface area contributed by atoms with E-state index in [1.807, 2.05) is 25.1 Å². The highest BCUT2D eigenvalue weighted by atomic mass is 16.5. The number of rotatable bonds is 4. The van der Waals surface area contributed by atoms with Gasteiger partial charge in [0.15, 0.2) is 5.78 Å². The minimum absolute atomic E-state index is 0.211. The molecule has 0 N–H and O–H groups in total. The van der Waals surface area contributed by atoms with Crippen LogP contribution < -0.4 is 4.74 Å².